The summed E-state index contributed by atoms with van der Waals surface area (Å²) < 4.78 is 7.58. The fourth-order valence-corrected chi connectivity index (χ4v) is 5.26. The second-order valence-corrected chi connectivity index (χ2v) is 9.38. The average molecular weight is 518 g/mol. The monoisotopic (exact) mass is 517 g/mol. The second kappa shape index (κ2) is 9.61. The van der Waals surface area contributed by atoms with Gasteiger partial charge in [0.1, 0.15) is 11.3 Å². The lowest BCUT2D eigenvalue weighted by Gasteiger charge is -2.29. The average Bonchev–Trinajstić information content (AvgIpc) is 3.28. The number of fused-ring (bicyclic) bond motifs is 2. The molecule has 1 aliphatic heterocycles. The zero-order valence-electron chi connectivity index (χ0n) is 20.5. The summed E-state index contributed by atoms with van der Waals surface area (Å²) in [6.07, 6.45) is 3.63. The summed E-state index contributed by atoms with van der Waals surface area (Å²) in [7, 11) is 1.52. The van der Waals surface area contributed by atoms with Gasteiger partial charge in [-0.3, -0.25) is 14.9 Å². The summed E-state index contributed by atoms with van der Waals surface area (Å²) in [4.78, 5) is 27.9. The predicted molar refractivity (Wildman–Crippen MR) is 154 cm³/mol. The van der Waals surface area contributed by atoms with E-state index >= 15 is 0 Å². The zero-order valence-corrected chi connectivity index (χ0v) is 21.4. The summed E-state index contributed by atoms with van der Waals surface area (Å²) in [6, 6.07) is 29.6. The number of amides is 2. The van der Waals surface area contributed by atoms with Crippen molar-refractivity contribution in [2.24, 2.45) is 0 Å². The SMILES string of the molecule is COc1ccccc1N1C(=O)/C(=C\c2cn(Cc3cccc4ccccc34)c3ccccc23)C(=O)NC1=S. The van der Waals surface area contributed by atoms with Crippen molar-refractivity contribution in [1.29, 1.82) is 0 Å². The van der Waals surface area contributed by atoms with E-state index in [1.165, 1.54) is 28.3 Å². The minimum Gasteiger partial charge on any atom is -0.495 e. The number of rotatable bonds is 5. The molecule has 186 valence electrons. The van der Waals surface area contributed by atoms with E-state index in [0.29, 0.717) is 18.0 Å². The molecule has 1 aliphatic rings. The van der Waals surface area contributed by atoms with Gasteiger partial charge >= 0.3 is 0 Å². The Kier molecular flexibility index (Phi) is 5.98. The van der Waals surface area contributed by atoms with Crippen molar-refractivity contribution in [3.63, 3.8) is 0 Å². The molecule has 0 bridgehead atoms. The van der Waals surface area contributed by atoms with Crippen LogP contribution in [0.1, 0.15) is 11.1 Å². The highest BCUT2D eigenvalue weighted by molar-refractivity contribution is 7.80. The lowest BCUT2D eigenvalue weighted by molar-refractivity contribution is -0.122. The Labute approximate surface area is 224 Å². The number of anilines is 1. The molecule has 1 fully saturated rings. The molecule has 0 aliphatic carbocycles. The van der Waals surface area contributed by atoms with Crippen LogP contribution in [0.5, 0.6) is 5.75 Å². The molecule has 7 heteroatoms. The number of methoxy groups -OCH3 is 1. The van der Waals surface area contributed by atoms with Crippen molar-refractivity contribution in [2.45, 2.75) is 6.54 Å². The van der Waals surface area contributed by atoms with Crippen LogP contribution in [0.25, 0.3) is 27.8 Å². The first kappa shape index (κ1) is 23.6. The van der Waals surface area contributed by atoms with E-state index in [0.717, 1.165) is 16.5 Å². The van der Waals surface area contributed by atoms with E-state index in [-0.39, 0.29) is 10.7 Å². The van der Waals surface area contributed by atoms with Gasteiger partial charge in [-0.1, -0.05) is 72.8 Å². The normalized spacial score (nSPS) is 14.9. The maximum atomic E-state index is 13.6. The standard InChI is InChI=1S/C31H23N3O3S/c1-37-28-16-7-6-15-27(28)34-30(36)25(29(35)32-31(34)38)17-22-19-33(26-14-5-4-13-24(22)26)18-21-11-8-10-20-9-2-3-12-23(20)21/h2-17,19H,18H2,1H3,(H,32,35,38)/b25-17-. The lowest BCUT2D eigenvalue weighted by Crippen LogP contribution is -2.54. The van der Waals surface area contributed by atoms with Crippen molar-refractivity contribution in [2.75, 3.05) is 12.0 Å². The van der Waals surface area contributed by atoms with E-state index in [9.17, 15) is 9.59 Å². The molecule has 0 unspecified atom stereocenters. The van der Waals surface area contributed by atoms with Crippen LogP contribution >= 0.6 is 12.2 Å². The highest BCUT2D eigenvalue weighted by Gasteiger charge is 2.36. The Balaban J connectivity index is 1.44. The molecule has 6 rings (SSSR count). The molecule has 2 heterocycles. The lowest BCUT2D eigenvalue weighted by atomic mass is 10.0. The molecule has 2 amide bonds. The van der Waals surface area contributed by atoms with Gasteiger partial charge < -0.3 is 9.30 Å². The van der Waals surface area contributed by atoms with Crippen LogP contribution in [0.15, 0.2) is 103 Å². The van der Waals surface area contributed by atoms with Gasteiger partial charge in [-0.05, 0) is 52.8 Å². The van der Waals surface area contributed by atoms with Crippen LogP contribution in [0, 0.1) is 0 Å². The number of hydrogen-bond acceptors (Lipinski definition) is 4. The highest BCUT2D eigenvalue weighted by atomic mass is 32.1. The summed E-state index contributed by atoms with van der Waals surface area (Å²) >= 11 is 5.37. The number of carbonyl (C=O) groups excluding carboxylic acids is 2. The fraction of sp³-hybridized carbons (Fsp3) is 0.0645. The van der Waals surface area contributed by atoms with E-state index < -0.39 is 11.8 Å². The number of aromatic nitrogens is 1. The minimum atomic E-state index is -0.531. The van der Waals surface area contributed by atoms with Crippen LogP contribution in [-0.2, 0) is 16.1 Å². The second-order valence-electron chi connectivity index (χ2n) is 9.00. The number of hydrogen-bond donors (Lipinski definition) is 1. The largest absolute Gasteiger partial charge is 0.495 e. The van der Waals surface area contributed by atoms with Gasteiger partial charge in [-0.15, -0.1) is 0 Å². The Morgan fingerprint density at radius 3 is 2.42 bits per heavy atom. The zero-order chi connectivity index (χ0) is 26.2. The molecular formula is C31H23N3O3S. The van der Waals surface area contributed by atoms with Crippen LogP contribution in [0.2, 0.25) is 0 Å². The fourth-order valence-electron chi connectivity index (χ4n) is 4.98. The van der Waals surface area contributed by atoms with Crippen molar-refractivity contribution in [3.8, 4) is 5.75 Å². The number of para-hydroxylation sites is 3. The van der Waals surface area contributed by atoms with Gasteiger partial charge in [-0.25, -0.2) is 4.90 Å². The first-order valence-corrected chi connectivity index (χ1v) is 12.5. The molecule has 1 saturated heterocycles. The number of nitrogens with zero attached hydrogens (tertiary/aromatic N) is 2. The molecule has 4 aromatic carbocycles. The molecule has 0 saturated carbocycles. The van der Waals surface area contributed by atoms with Crippen molar-refractivity contribution < 1.29 is 14.3 Å². The summed E-state index contributed by atoms with van der Waals surface area (Å²) in [5, 5.41) is 5.99. The van der Waals surface area contributed by atoms with Gasteiger partial charge in [0.15, 0.2) is 5.11 Å². The number of carbonyl (C=O) groups is 2. The Morgan fingerprint density at radius 2 is 1.58 bits per heavy atom. The third kappa shape index (κ3) is 4.03. The Bertz CT molecular complexity index is 1780. The van der Waals surface area contributed by atoms with Crippen LogP contribution in [-0.4, -0.2) is 28.6 Å². The van der Waals surface area contributed by atoms with Gasteiger partial charge in [0.2, 0.25) is 0 Å². The summed E-state index contributed by atoms with van der Waals surface area (Å²) in [5.74, 6) is -0.559. The van der Waals surface area contributed by atoms with Crippen LogP contribution in [0.3, 0.4) is 0 Å². The minimum absolute atomic E-state index is 0.00225. The van der Waals surface area contributed by atoms with Crippen molar-refractivity contribution in [3.05, 3.63) is 114 Å². The first-order chi connectivity index (χ1) is 18.5. The van der Waals surface area contributed by atoms with E-state index in [1.54, 1.807) is 30.3 Å². The molecular weight excluding hydrogens is 494 g/mol. The number of nitrogens with one attached hydrogen (secondary N) is 1. The predicted octanol–water partition coefficient (Wildman–Crippen LogP) is 5.68. The maximum Gasteiger partial charge on any atom is 0.270 e. The molecule has 1 aromatic heterocycles. The van der Waals surface area contributed by atoms with E-state index in [4.69, 9.17) is 17.0 Å². The van der Waals surface area contributed by atoms with Gasteiger partial charge in [0.25, 0.3) is 11.8 Å². The first-order valence-electron chi connectivity index (χ1n) is 12.1. The van der Waals surface area contributed by atoms with Crippen molar-refractivity contribution >= 4 is 62.6 Å². The molecule has 0 atom stereocenters. The maximum absolute atomic E-state index is 13.6. The summed E-state index contributed by atoms with van der Waals surface area (Å²) in [5.41, 5.74) is 3.43. The third-order valence-corrected chi connectivity index (χ3v) is 7.05. The van der Waals surface area contributed by atoms with Gasteiger partial charge in [0.05, 0.1) is 12.8 Å². The van der Waals surface area contributed by atoms with E-state index in [2.05, 4.69) is 40.2 Å². The van der Waals surface area contributed by atoms with Gasteiger partial charge in [-0.2, -0.15) is 0 Å². The smallest absolute Gasteiger partial charge is 0.270 e. The quantitative estimate of drug-likeness (QED) is 0.185. The molecule has 6 nitrogen and oxygen atoms in total. The molecule has 0 radical (unpaired) electrons. The van der Waals surface area contributed by atoms with Crippen LogP contribution in [0.4, 0.5) is 5.69 Å². The number of benzene rings is 4. The molecule has 0 spiro atoms. The molecule has 1 N–H and O–H groups in total. The molecule has 5 aromatic rings. The number of ether oxygens (including phenoxy) is 1. The number of thiocarbonyl (C=S) groups is 1. The highest BCUT2D eigenvalue weighted by Crippen LogP contribution is 2.32. The Hall–Kier alpha value is -4.75. The summed E-state index contributed by atoms with van der Waals surface area (Å²) in [6.45, 7) is 0.641. The topological polar surface area (TPSA) is 63.6 Å². The van der Waals surface area contributed by atoms with E-state index in [1.807, 2.05) is 42.6 Å². The Morgan fingerprint density at radius 1 is 0.868 bits per heavy atom. The van der Waals surface area contributed by atoms with Crippen molar-refractivity contribution in [1.82, 2.24) is 9.88 Å². The molecule has 38 heavy (non-hydrogen) atoms. The third-order valence-electron chi connectivity index (χ3n) is 6.77. The van der Waals surface area contributed by atoms with Gasteiger partial charge in [0, 0.05) is 29.2 Å². The van der Waals surface area contributed by atoms with Crippen LogP contribution < -0.4 is 15.0 Å².